The number of ether oxygens (including phenoxy) is 2. The number of hydrogen-bond acceptors (Lipinski definition) is 5. The second-order valence-corrected chi connectivity index (χ2v) is 4.74. The molecule has 0 aromatic heterocycles. The van der Waals surface area contributed by atoms with Crippen LogP contribution in [0.2, 0.25) is 0 Å². The van der Waals surface area contributed by atoms with E-state index in [2.05, 4.69) is 0 Å². The van der Waals surface area contributed by atoms with Crippen LogP contribution in [0.3, 0.4) is 0 Å². The largest absolute Gasteiger partial charge is 0.507 e. The lowest BCUT2D eigenvalue weighted by atomic mass is 9.93. The number of hydrogen-bond donors (Lipinski definition) is 2. The highest BCUT2D eigenvalue weighted by molar-refractivity contribution is 6.32. The highest BCUT2D eigenvalue weighted by Crippen LogP contribution is 2.34. The molecule has 0 aliphatic heterocycles. The van der Waals surface area contributed by atoms with Crippen LogP contribution >= 0.6 is 0 Å². The third kappa shape index (κ3) is 3.66. The second kappa shape index (κ2) is 6.92. The summed E-state index contributed by atoms with van der Waals surface area (Å²) in [5.41, 5.74) is 0.859. The van der Waals surface area contributed by atoms with E-state index < -0.39 is 5.78 Å². The number of carbonyl (C=O) groups excluding carboxylic acids is 1. The second-order valence-electron chi connectivity index (χ2n) is 4.74. The van der Waals surface area contributed by atoms with Crippen molar-refractivity contribution < 1.29 is 24.5 Å². The zero-order valence-electron chi connectivity index (χ0n) is 12.7. The van der Waals surface area contributed by atoms with E-state index >= 15 is 0 Å². The summed E-state index contributed by atoms with van der Waals surface area (Å²) < 4.78 is 10.1. The molecule has 2 aromatic carbocycles. The third-order valence-corrected chi connectivity index (χ3v) is 3.22. The van der Waals surface area contributed by atoms with Crippen LogP contribution in [0.1, 0.15) is 15.9 Å². The molecule has 0 saturated heterocycles. The molecule has 5 nitrogen and oxygen atoms in total. The van der Waals surface area contributed by atoms with Crippen molar-refractivity contribution in [2.24, 2.45) is 0 Å². The van der Waals surface area contributed by atoms with Crippen LogP contribution in [-0.4, -0.2) is 38.1 Å². The van der Waals surface area contributed by atoms with Gasteiger partial charge in [-0.15, -0.1) is 0 Å². The van der Waals surface area contributed by atoms with Gasteiger partial charge in [-0.25, -0.2) is 0 Å². The van der Waals surface area contributed by atoms with Crippen LogP contribution in [0.15, 0.2) is 36.4 Å². The Labute approximate surface area is 135 Å². The van der Waals surface area contributed by atoms with Gasteiger partial charge in [-0.3, -0.25) is 4.79 Å². The summed E-state index contributed by atoms with van der Waals surface area (Å²) in [6.45, 7) is 0. The van der Waals surface area contributed by atoms with Gasteiger partial charge < -0.3 is 19.7 Å². The predicted octanol–water partition coefficient (Wildman–Crippen LogP) is 1.80. The molecule has 0 amide bonds. The lowest BCUT2D eigenvalue weighted by Gasteiger charge is -2.10. The molecule has 2 N–H and O–H groups in total. The third-order valence-electron chi connectivity index (χ3n) is 3.22. The molecule has 2 aromatic rings. The van der Waals surface area contributed by atoms with Crippen molar-refractivity contribution in [2.45, 2.75) is 0 Å². The molecule has 0 fully saturated rings. The van der Waals surface area contributed by atoms with Gasteiger partial charge in [0.25, 0.3) is 0 Å². The van der Waals surface area contributed by atoms with Gasteiger partial charge in [0.15, 0.2) is 5.78 Å². The molecular weight excluding hydrogens is 295 g/mol. The number of rotatable bonds is 5. The molecule has 0 aliphatic carbocycles. The smallest absolute Gasteiger partial charge is 0.193 e. The lowest BCUT2D eigenvalue weighted by molar-refractivity contribution is 0.104. The number of aromatic hydroxyl groups is 2. The van der Waals surface area contributed by atoms with E-state index in [9.17, 15) is 15.0 Å². The van der Waals surface area contributed by atoms with Gasteiger partial charge in [-0.1, -0.05) is 17.6 Å². The molecule has 23 heavy (non-hydrogen) atoms. The molecule has 0 saturated carbocycles. The van der Waals surface area contributed by atoms with Crippen molar-refractivity contribution in [1.82, 2.24) is 0 Å². The Balaban J connectivity index is 2.37. The number of carbonyl (C=O) groups is 1. The normalized spacial score (nSPS) is 10.7. The minimum atomic E-state index is -0.483. The number of allylic oxidation sites excluding steroid dienone is 1. The standard InChI is InChI=1S/C17H15BO5/c1-22-12-8-15(21)17(16(9-12)23-2)14(20)5-3-10-7-11(18)4-6-13(10)19/h3-9,19,21H,1-2H3/b5-3+. The molecule has 2 radical (unpaired) electrons. The van der Waals surface area contributed by atoms with Crippen molar-refractivity contribution in [2.75, 3.05) is 14.2 Å². The van der Waals surface area contributed by atoms with Crippen LogP contribution in [0.4, 0.5) is 0 Å². The number of benzene rings is 2. The van der Waals surface area contributed by atoms with E-state index in [-0.39, 0.29) is 22.8 Å². The summed E-state index contributed by atoms with van der Waals surface area (Å²) in [6, 6.07) is 7.34. The average Bonchev–Trinajstić information content (AvgIpc) is 2.54. The Kier molecular flexibility index (Phi) is 4.96. The average molecular weight is 310 g/mol. The first-order valence-corrected chi connectivity index (χ1v) is 6.72. The summed E-state index contributed by atoms with van der Waals surface area (Å²) in [6.07, 6.45) is 2.63. The topological polar surface area (TPSA) is 76.0 Å². The maximum atomic E-state index is 12.3. The minimum absolute atomic E-state index is 0.00540. The number of methoxy groups -OCH3 is 2. The van der Waals surface area contributed by atoms with Crippen LogP contribution in [0.5, 0.6) is 23.0 Å². The van der Waals surface area contributed by atoms with E-state index in [1.54, 1.807) is 6.07 Å². The van der Waals surface area contributed by atoms with Crippen LogP contribution in [0.25, 0.3) is 6.08 Å². The lowest BCUT2D eigenvalue weighted by Crippen LogP contribution is -2.02. The number of phenolic OH excluding ortho intramolecular Hbond substituents is 2. The van der Waals surface area contributed by atoms with E-state index in [4.69, 9.17) is 17.3 Å². The molecule has 0 heterocycles. The van der Waals surface area contributed by atoms with Crippen molar-refractivity contribution >= 4 is 25.2 Å². The summed E-state index contributed by atoms with van der Waals surface area (Å²) >= 11 is 0. The van der Waals surface area contributed by atoms with Gasteiger partial charge in [-0.2, -0.15) is 0 Å². The SMILES string of the molecule is [B]c1ccc(O)c(/C=C/C(=O)c2c(O)cc(OC)cc2OC)c1. The van der Waals surface area contributed by atoms with Gasteiger partial charge in [-0.05, 0) is 18.2 Å². The highest BCUT2D eigenvalue weighted by Gasteiger charge is 2.17. The monoisotopic (exact) mass is 310 g/mol. The zero-order valence-corrected chi connectivity index (χ0v) is 12.7. The minimum Gasteiger partial charge on any atom is -0.507 e. The van der Waals surface area contributed by atoms with Crippen molar-refractivity contribution in [3.63, 3.8) is 0 Å². The molecule has 0 atom stereocenters. The van der Waals surface area contributed by atoms with Crippen molar-refractivity contribution in [3.05, 3.63) is 47.5 Å². The maximum absolute atomic E-state index is 12.3. The Hall–Kier alpha value is -2.89. The Morgan fingerprint density at radius 2 is 1.83 bits per heavy atom. The molecule has 2 rings (SSSR count). The van der Waals surface area contributed by atoms with Crippen LogP contribution in [0, 0.1) is 0 Å². The van der Waals surface area contributed by atoms with Gasteiger partial charge >= 0.3 is 0 Å². The molecule has 6 heteroatoms. The Bertz CT molecular complexity index is 768. The molecular formula is C17H15BO5. The Morgan fingerprint density at radius 1 is 1.09 bits per heavy atom. The fourth-order valence-corrected chi connectivity index (χ4v) is 2.06. The first-order chi connectivity index (χ1) is 11.0. The highest BCUT2D eigenvalue weighted by atomic mass is 16.5. The first kappa shape index (κ1) is 16.5. The van der Waals surface area contributed by atoms with E-state index in [1.807, 2.05) is 0 Å². The van der Waals surface area contributed by atoms with Crippen molar-refractivity contribution in [3.8, 4) is 23.0 Å². The summed E-state index contributed by atoms with van der Waals surface area (Å²) in [5, 5.41) is 19.7. The maximum Gasteiger partial charge on any atom is 0.193 e. The van der Waals surface area contributed by atoms with E-state index in [0.29, 0.717) is 16.8 Å². The molecule has 0 spiro atoms. The quantitative estimate of drug-likeness (QED) is 0.500. The van der Waals surface area contributed by atoms with Gasteiger partial charge in [0, 0.05) is 17.7 Å². The van der Waals surface area contributed by atoms with Gasteiger partial charge in [0.1, 0.15) is 36.4 Å². The molecule has 0 unspecified atom stereocenters. The summed E-state index contributed by atoms with van der Waals surface area (Å²) in [5.74, 6) is -0.188. The van der Waals surface area contributed by atoms with Crippen LogP contribution < -0.4 is 14.9 Å². The fraction of sp³-hybridized carbons (Fsp3) is 0.118. The number of ketones is 1. The molecule has 0 aliphatic rings. The van der Waals surface area contributed by atoms with Gasteiger partial charge in [0.05, 0.1) is 14.2 Å². The first-order valence-electron chi connectivity index (χ1n) is 6.72. The molecule has 0 bridgehead atoms. The van der Waals surface area contributed by atoms with Gasteiger partial charge in [0.2, 0.25) is 0 Å². The summed E-state index contributed by atoms with van der Waals surface area (Å²) in [4.78, 5) is 12.3. The zero-order chi connectivity index (χ0) is 17.0. The fourth-order valence-electron chi connectivity index (χ4n) is 2.06. The van der Waals surface area contributed by atoms with E-state index in [1.165, 1.54) is 50.6 Å². The van der Waals surface area contributed by atoms with E-state index in [0.717, 1.165) is 0 Å². The predicted molar refractivity (Wildman–Crippen MR) is 88.1 cm³/mol. The number of phenols is 2. The van der Waals surface area contributed by atoms with Crippen LogP contribution in [-0.2, 0) is 0 Å². The molecule has 116 valence electrons. The summed E-state index contributed by atoms with van der Waals surface area (Å²) in [7, 11) is 8.47. The Morgan fingerprint density at radius 3 is 2.48 bits per heavy atom. The van der Waals surface area contributed by atoms with Crippen molar-refractivity contribution in [1.29, 1.82) is 0 Å².